The van der Waals surface area contributed by atoms with Gasteiger partial charge in [-0.15, -0.1) is 0 Å². The minimum atomic E-state index is -1.50. The molecule has 0 fully saturated rings. The third-order valence-corrected chi connectivity index (χ3v) is 3.38. The van der Waals surface area contributed by atoms with Crippen LogP contribution in [0.1, 0.15) is 12.6 Å². The fourth-order valence-corrected chi connectivity index (χ4v) is 2.29. The molecule has 0 saturated carbocycles. The second-order valence-corrected chi connectivity index (χ2v) is 4.29. The first kappa shape index (κ1) is 12.9. The largest absolute Gasteiger partial charge is 0.480 e. The SMILES string of the molecule is CC1C(C(=O)O)=CC=CC1(C(=O)O)c1cccnn1. The van der Waals surface area contributed by atoms with Gasteiger partial charge >= 0.3 is 11.9 Å². The zero-order chi connectivity index (χ0) is 14.0. The topological polar surface area (TPSA) is 100 Å². The highest BCUT2D eigenvalue weighted by atomic mass is 16.4. The van der Waals surface area contributed by atoms with Crippen molar-refractivity contribution in [1.29, 1.82) is 0 Å². The molecule has 0 amide bonds. The highest BCUT2D eigenvalue weighted by Crippen LogP contribution is 2.39. The van der Waals surface area contributed by atoms with Crippen molar-refractivity contribution < 1.29 is 19.8 Å². The van der Waals surface area contributed by atoms with Crippen LogP contribution in [0.5, 0.6) is 0 Å². The summed E-state index contributed by atoms with van der Waals surface area (Å²) in [6.45, 7) is 1.56. The number of carboxylic acid groups (broad SMARTS) is 2. The summed E-state index contributed by atoms with van der Waals surface area (Å²) in [7, 11) is 0. The van der Waals surface area contributed by atoms with E-state index in [2.05, 4.69) is 10.2 Å². The quantitative estimate of drug-likeness (QED) is 0.841. The standard InChI is InChI=1S/C13H12N2O4/c1-8-9(11(16)17)4-2-6-13(8,12(18)19)10-5-3-7-14-15-10/h2-8H,1H3,(H,16,17)(H,18,19). The Labute approximate surface area is 109 Å². The summed E-state index contributed by atoms with van der Waals surface area (Å²) in [4.78, 5) is 22.9. The number of hydrogen-bond acceptors (Lipinski definition) is 4. The molecule has 2 unspecified atom stereocenters. The molecule has 0 aromatic carbocycles. The molecule has 98 valence electrons. The van der Waals surface area contributed by atoms with Gasteiger partial charge in [0, 0.05) is 17.7 Å². The smallest absolute Gasteiger partial charge is 0.331 e. The molecular formula is C13H12N2O4. The third-order valence-electron chi connectivity index (χ3n) is 3.38. The summed E-state index contributed by atoms with van der Waals surface area (Å²) in [6.07, 6.45) is 5.73. The molecule has 2 N–H and O–H groups in total. The van der Waals surface area contributed by atoms with E-state index < -0.39 is 23.3 Å². The molecule has 0 bridgehead atoms. The summed E-state index contributed by atoms with van der Waals surface area (Å²) < 4.78 is 0. The van der Waals surface area contributed by atoms with Crippen LogP contribution < -0.4 is 0 Å². The van der Waals surface area contributed by atoms with Crippen LogP contribution in [0.3, 0.4) is 0 Å². The first-order valence-electron chi connectivity index (χ1n) is 5.64. The summed E-state index contributed by atoms with van der Waals surface area (Å²) in [5, 5.41) is 26.2. The molecule has 1 aromatic heterocycles. The van der Waals surface area contributed by atoms with Crippen LogP contribution in [0.25, 0.3) is 0 Å². The van der Waals surface area contributed by atoms with E-state index in [1.807, 2.05) is 0 Å². The lowest BCUT2D eigenvalue weighted by Gasteiger charge is -2.33. The summed E-state index contributed by atoms with van der Waals surface area (Å²) in [5.41, 5.74) is -1.25. The maximum Gasteiger partial charge on any atom is 0.331 e. The Hall–Kier alpha value is -2.50. The number of allylic oxidation sites excluding steroid dienone is 2. The lowest BCUT2D eigenvalue weighted by molar-refractivity contribution is -0.143. The fraction of sp³-hybridized carbons (Fsp3) is 0.231. The number of aliphatic carboxylic acids is 2. The second-order valence-electron chi connectivity index (χ2n) is 4.29. The average Bonchev–Trinajstić information content (AvgIpc) is 2.39. The first-order valence-corrected chi connectivity index (χ1v) is 5.64. The normalized spacial score (nSPS) is 25.7. The van der Waals surface area contributed by atoms with Crippen LogP contribution in [0.2, 0.25) is 0 Å². The molecule has 0 spiro atoms. The number of aromatic nitrogens is 2. The van der Waals surface area contributed by atoms with E-state index in [9.17, 15) is 14.7 Å². The van der Waals surface area contributed by atoms with E-state index >= 15 is 0 Å². The van der Waals surface area contributed by atoms with Crippen LogP contribution >= 0.6 is 0 Å². The fourth-order valence-electron chi connectivity index (χ4n) is 2.29. The molecular weight excluding hydrogens is 248 g/mol. The highest BCUT2D eigenvalue weighted by molar-refractivity contribution is 5.93. The van der Waals surface area contributed by atoms with Gasteiger partial charge in [0.25, 0.3) is 0 Å². The number of hydrogen-bond donors (Lipinski definition) is 2. The van der Waals surface area contributed by atoms with Gasteiger partial charge in [0.1, 0.15) is 5.41 Å². The van der Waals surface area contributed by atoms with E-state index in [0.29, 0.717) is 0 Å². The second kappa shape index (κ2) is 4.64. The molecule has 6 nitrogen and oxygen atoms in total. The molecule has 1 heterocycles. The molecule has 0 aliphatic heterocycles. The van der Waals surface area contributed by atoms with Crippen molar-refractivity contribution in [3.05, 3.63) is 47.8 Å². The number of carbonyl (C=O) groups is 2. The Balaban J connectivity index is 2.61. The van der Waals surface area contributed by atoms with Crippen LogP contribution in [0.4, 0.5) is 0 Å². The van der Waals surface area contributed by atoms with E-state index in [4.69, 9.17) is 5.11 Å². The summed E-state index contributed by atoms with van der Waals surface area (Å²) in [6, 6.07) is 3.11. The Morgan fingerprint density at radius 3 is 2.63 bits per heavy atom. The van der Waals surface area contributed by atoms with Crippen molar-refractivity contribution in [2.45, 2.75) is 12.3 Å². The molecule has 6 heteroatoms. The number of rotatable bonds is 3. The zero-order valence-corrected chi connectivity index (χ0v) is 10.1. The Kier molecular flexibility index (Phi) is 3.16. The Morgan fingerprint density at radius 2 is 2.11 bits per heavy atom. The summed E-state index contributed by atoms with van der Waals surface area (Å²) >= 11 is 0. The molecule has 2 rings (SSSR count). The van der Waals surface area contributed by atoms with Crippen molar-refractivity contribution in [2.24, 2.45) is 5.92 Å². The van der Waals surface area contributed by atoms with Gasteiger partial charge in [-0.2, -0.15) is 10.2 Å². The zero-order valence-electron chi connectivity index (χ0n) is 10.1. The molecule has 2 atom stereocenters. The number of nitrogens with zero attached hydrogens (tertiary/aromatic N) is 2. The van der Waals surface area contributed by atoms with Crippen molar-refractivity contribution in [3.8, 4) is 0 Å². The van der Waals surface area contributed by atoms with Gasteiger partial charge in [-0.3, -0.25) is 4.79 Å². The van der Waals surface area contributed by atoms with Crippen molar-refractivity contribution in [1.82, 2.24) is 10.2 Å². The van der Waals surface area contributed by atoms with Gasteiger partial charge < -0.3 is 10.2 Å². The van der Waals surface area contributed by atoms with Gasteiger partial charge in [-0.25, -0.2) is 4.79 Å². The Morgan fingerprint density at radius 1 is 1.37 bits per heavy atom. The minimum absolute atomic E-state index is 0.0375. The van der Waals surface area contributed by atoms with Crippen LogP contribution in [0.15, 0.2) is 42.1 Å². The number of carboxylic acids is 2. The van der Waals surface area contributed by atoms with Gasteiger partial charge in [0.15, 0.2) is 0 Å². The van der Waals surface area contributed by atoms with Crippen LogP contribution in [-0.4, -0.2) is 32.3 Å². The van der Waals surface area contributed by atoms with Gasteiger partial charge in [0.2, 0.25) is 0 Å². The third kappa shape index (κ3) is 1.91. The summed E-state index contributed by atoms with van der Waals surface area (Å²) in [5.74, 6) is -3.03. The van der Waals surface area contributed by atoms with Gasteiger partial charge in [0.05, 0.1) is 5.69 Å². The lowest BCUT2D eigenvalue weighted by atomic mass is 9.68. The van der Waals surface area contributed by atoms with Crippen molar-refractivity contribution in [2.75, 3.05) is 0 Å². The molecule has 0 saturated heterocycles. The van der Waals surface area contributed by atoms with Crippen molar-refractivity contribution in [3.63, 3.8) is 0 Å². The van der Waals surface area contributed by atoms with Crippen LogP contribution in [0, 0.1) is 5.92 Å². The molecule has 1 aliphatic rings. The predicted molar refractivity (Wildman–Crippen MR) is 65.4 cm³/mol. The minimum Gasteiger partial charge on any atom is -0.480 e. The molecule has 1 aromatic rings. The van der Waals surface area contributed by atoms with E-state index in [1.165, 1.54) is 30.5 Å². The van der Waals surface area contributed by atoms with Crippen LogP contribution in [-0.2, 0) is 15.0 Å². The van der Waals surface area contributed by atoms with Crippen molar-refractivity contribution >= 4 is 11.9 Å². The Bertz CT molecular complexity index is 580. The lowest BCUT2D eigenvalue weighted by Crippen LogP contribution is -2.44. The molecule has 0 radical (unpaired) electrons. The van der Waals surface area contributed by atoms with Gasteiger partial charge in [-0.1, -0.05) is 25.2 Å². The average molecular weight is 260 g/mol. The molecule has 19 heavy (non-hydrogen) atoms. The molecule has 1 aliphatic carbocycles. The van der Waals surface area contributed by atoms with E-state index in [-0.39, 0.29) is 11.3 Å². The first-order chi connectivity index (χ1) is 9.00. The van der Waals surface area contributed by atoms with E-state index in [0.717, 1.165) is 0 Å². The monoisotopic (exact) mass is 260 g/mol. The maximum absolute atomic E-state index is 11.7. The van der Waals surface area contributed by atoms with Gasteiger partial charge in [-0.05, 0) is 12.1 Å². The predicted octanol–water partition coefficient (Wildman–Crippen LogP) is 1.02. The maximum atomic E-state index is 11.7. The van der Waals surface area contributed by atoms with E-state index in [1.54, 1.807) is 13.0 Å². The highest BCUT2D eigenvalue weighted by Gasteiger charge is 2.48.